The minimum Gasteiger partial charge on any atom is -0.463 e. The van der Waals surface area contributed by atoms with Gasteiger partial charge in [0.25, 0.3) is 11.5 Å². The summed E-state index contributed by atoms with van der Waals surface area (Å²) < 4.78 is 5.19. The second kappa shape index (κ2) is 5.49. The van der Waals surface area contributed by atoms with Crippen LogP contribution in [0.4, 0.5) is 0 Å². The Morgan fingerprint density at radius 1 is 1.29 bits per heavy atom. The van der Waals surface area contributed by atoms with Crippen molar-refractivity contribution in [1.29, 1.82) is 0 Å². The van der Waals surface area contributed by atoms with Crippen LogP contribution in [0.3, 0.4) is 0 Å². The number of aromatic amines is 2. The number of nitrogens with one attached hydrogen (secondary N) is 3. The number of hydrogen-bond acceptors (Lipinski definition) is 4. The summed E-state index contributed by atoms with van der Waals surface area (Å²) in [6.07, 6.45) is 3.10. The minimum atomic E-state index is -0.467. The number of carbonyl (C=O) groups excluding carboxylic acids is 1. The molecular formula is C14H12N4O3. The summed E-state index contributed by atoms with van der Waals surface area (Å²) in [6, 6.07) is 8.29. The molecule has 0 aromatic carbocycles. The number of hydrogen-bond donors (Lipinski definition) is 3. The molecule has 0 fully saturated rings. The summed E-state index contributed by atoms with van der Waals surface area (Å²) >= 11 is 0. The van der Waals surface area contributed by atoms with Gasteiger partial charge in [0.1, 0.15) is 11.3 Å². The molecule has 1 amide bonds. The molecule has 0 radical (unpaired) electrons. The lowest BCUT2D eigenvalue weighted by atomic mass is 10.2. The summed E-state index contributed by atoms with van der Waals surface area (Å²) in [5.41, 5.74) is 0.859. The maximum absolute atomic E-state index is 12.0. The maximum atomic E-state index is 12.0. The van der Waals surface area contributed by atoms with Crippen LogP contribution in [0.1, 0.15) is 16.1 Å². The molecule has 0 atom stereocenters. The van der Waals surface area contributed by atoms with Crippen LogP contribution >= 0.6 is 0 Å². The zero-order chi connectivity index (χ0) is 14.7. The fourth-order valence-corrected chi connectivity index (χ4v) is 1.88. The van der Waals surface area contributed by atoms with E-state index in [2.05, 4.69) is 20.5 Å². The summed E-state index contributed by atoms with van der Waals surface area (Å²) in [6.45, 7) is 0.276. The van der Waals surface area contributed by atoms with E-state index in [4.69, 9.17) is 4.42 Å². The molecule has 0 saturated carbocycles. The van der Waals surface area contributed by atoms with Gasteiger partial charge in [0, 0.05) is 6.20 Å². The largest absolute Gasteiger partial charge is 0.463 e. The van der Waals surface area contributed by atoms with E-state index in [-0.39, 0.29) is 12.1 Å². The average molecular weight is 284 g/mol. The van der Waals surface area contributed by atoms with Crippen molar-refractivity contribution in [3.63, 3.8) is 0 Å². The standard InChI is InChI=1S/C14H12N4O3/c19-13(15-8-9-5-6-16-18-9)10-3-4-11(17-14(10)20)12-2-1-7-21-12/h1-7H,8H2,(H,15,19)(H,16,18)(H,17,20). The molecule has 3 N–H and O–H groups in total. The van der Waals surface area contributed by atoms with E-state index in [0.29, 0.717) is 11.5 Å². The van der Waals surface area contributed by atoms with Gasteiger partial charge in [-0.2, -0.15) is 5.10 Å². The van der Waals surface area contributed by atoms with Crippen LogP contribution in [0, 0.1) is 0 Å². The highest BCUT2D eigenvalue weighted by molar-refractivity contribution is 5.93. The molecule has 21 heavy (non-hydrogen) atoms. The van der Waals surface area contributed by atoms with E-state index in [0.717, 1.165) is 5.69 Å². The smallest absolute Gasteiger partial charge is 0.261 e. The van der Waals surface area contributed by atoms with Crippen LogP contribution in [-0.4, -0.2) is 21.1 Å². The Bertz CT molecular complexity index is 788. The molecule has 0 unspecified atom stereocenters. The van der Waals surface area contributed by atoms with Crippen LogP contribution in [-0.2, 0) is 6.54 Å². The van der Waals surface area contributed by atoms with Gasteiger partial charge in [-0.3, -0.25) is 14.7 Å². The van der Waals surface area contributed by atoms with Crippen molar-refractivity contribution in [2.45, 2.75) is 6.54 Å². The van der Waals surface area contributed by atoms with E-state index < -0.39 is 11.5 Å². The van der Waals surface area contributed by atoms with E-state index in [1.165, 1.54) is 12.3 Å². The summed E-state index contributed by atoms with van der Waals surface area (Å²) in [5, 5.41) is 9.14. The van der Waals surface area contributed by atoms with Gasteiger partial charge in [-0.1, -0.05) is 0 Å². The summed E-state index contributed by atoms with van der Waals surface area (Å²) in [4.78, 5) is 26.6. The van der Waals surface area contributed by atoms with Gasteiger partial charge in [0.05, 0.1) is 24.2 Å². The van der Waals surface area contributed by atoms with Crippen LogP contribution in [0.15, 0.2) is 52.0 Å². The lowest BCUT2D eigenvalue weighted by Gasteiger charge is -2.04. The maximum Gasteiger partial charge on any atom is 0.261 e. The highest BCUT2D eigenvalue weighted by atomic mass is 16.3. The van der Waals surface area contributed by atoms with Crippen LogP contribution in [0.2, 0.25) is 0 Å². The van der Waals surface area contributed by atoms with E-state index in [1.807, 2.05) is 0 Å². The topological polar surface area (TPSA) is 104 Å². The Morgan fingerprint density at radius 2 is 2.19 bits per heavy atom. The van der Waals surface area contributed by atoms with Gasteiger partial charge in [-0.25, -0.2) is 0 Å². The van der Waals surface area contributed by atoms with E-state index in [9.17, 15) is 9.59 Å². The predicted octanol–water partition coefficient (Wildman–Crippen LogP) is 1.29. The number of aromatic nitrogens is 3. The number of carbonyl (C=O) groups is 1. The number of amides is 1. The van der Waals surface area contributed by atoms with Crippen LogP contribution in [0.5, 0.6) is 0 Å². The molecule has 106 valence electrons. The summed E-state index contributed by atoms with van der Waals surface area (Å²) in [5.74, 6) is 0.0911. The molecule has 7 heteroatoms. The molecule has 0 aliphatic heterocycles. The number of furan rings is 1. The molecule has 0 saturated heterocycles. The van der Waals surface area contributed by atoms with E-state index in [1.54, 1.807) is 30.5 Å². The first-order valence-corrected chi connectivity index (χ1v) is 6.28. The van der Waals surface area contributed by atoms with Gasteiger partial charge >= 0.3 is 0 Å². The molecule has 0 spiro atoms. The fraction of sp³-hybridized carbons (Fsp3) is 0.0714. The van der Waals surface area contributed by atoms with Gasteiger partial charge in [0.2, 0.25) is 0 Å². The highest BCUT2D eigenvalue weighted by Gasteiger charge is 2.12. The zero-order valence-corrected chi connectivity index (χ0v) is 10.9. The van der Waals surface area contributed by atoms with Crippen LogP contribution in [0.25, 0.3) is 11.5 Å². The monoisotopic (exact) mass is 284 g/mol. The third-order valence-corrected chi connectivity index (χ3v) is 2.94. The Labute approximate surface area is 119 Å². The molecule has 3 aromatic rings. The zero-order valence-electron chi connectivity index (χ0n) is 10.9. The normalized spacial score (nSPS) is 10.5. The fourth-order valence-electron chi connectivity index (χ4n) is 1.88. The van der Waals surface area contributed by atoms with Crippen molar-refractivity contribution in [1.82, 2.24) is 20.5 Å². The first-order valence-electron chi connectivity index (χ1n) is 6.28. The van der Waals surface area contributed by atoms with Crippen molar-refractivity contribution in [2.24, 2.45) is 0 Å². The van der Waals surface area contributed by atoms with Crippen molar-refractivity contribution in [3.05, 3.63) is 64.4 Å². The molecular weight excluding hydrogens is 272 g/mol. The molecule has 3 heterocycles. The Kier molecular flexibility index (Phi) is 3.38. The molecule has 3 aromatic heterocycles. The first-order chi connectivity index (χ1) is 10.2. The lowest BCUT2D eigenvalue weighted by Crippen LogP contribution is -2.29. The first kappa shape index (κ1) is 12.9. The van der Waals surface area contributed by atoms with Crippen molar-refractivity contribution in [3.8, 4) is 11.5 Å². The molecule has 0 aliphatic carbocycles. The van der Waals surface area contributed by atoms with Gasteiger partial charge < -0.3 is 14.7 Å². The van der Waals surface area contributed by atoms with Gasteiger partial charge in [-0.05, 0) is 30.3 Å². The molecule has 0 bridgehead atoms. The Morgan fingerprint density at radius 3 is 2.86 bits per heavy atom. The third-order valence-electron chi connectivity index (χ3n) is 2.94. The lowest BCUT2D eigenvalue weighted by molar-refractivity contribution is 0.0949. The number of nitrogens with zero attached hydrogens (tertiary/aromatic N) is 1. The van der Waals surface area contributed by atoms with Crippen LogP contribution < -0.4 is 10.9 Å². The second-order valence-corrected chi connectivity index (χ2v) is 4.36. The number of rotatable bonds is 4. The Balaban J connectivity index is 1.76. The average Bonchev–Trinajstić information content (AvgIpc) is 3.18. The van der Waals surface area contributed by atoms with E-state index >= 15 is 0 Å². The predicted molar refractivity (Wildman–Crippen MR) is 74.5 cm³/mol. The highest BCUT2D eigenvalue weighted by Crippen LogP contribution is 2.15. The van der Waals surface area contributed by atoms with Gasteiger partial charge in [-0.15, -0.1) is 0 Å². The quantitative estimate of drug-likeness (QED) is 0.671. The van der Waals surface area contributed by atoms with Crippen molar-refractivity contribution in [2.75, 3.05) is 0 Å². The van der Waals surface area contributed by atoms with Crippen molar-refractivity contribution >= 4 is 5.91 Å². The molecule has 7 nitrogen and oxygen atoms in total. The second-order valence-electron chi connectivity index (χ2n) is 4.36. The third kappa shape index (κ3) is 2.76. The van der Waals surface area contributed by atoms with Gasteiger partial charge in [0.15, 0.2) is 0 Å². The minimum absolute atomic E-state index is 0.0461. The van der Waals surface area contributed by atoms with Crippen molar-refractivity contribution < 1.29 is 9.21 Å². The Hall–Kier alpha value is -3.09. The summed E-state index contributed by atoms with van der Waals surface area (Å²) in [7, 11) is 0. The SMILES string of the molecule is O=C(NCc1ccn[nH]1)c1ccc(-c2ccco2)[nH]c1=O. The molecule has 3 rings (SSSR count). The molecule has 0 aliphatic rings. The number of H-pyrrole nitrogens is 2. The number of pyridine rings is 1.